The third kappa shape index (κ3) is 5.17. The molecule has 1 N–H and O–H groups in total. The van der Waals surface area contributed by atoms with Crippen LogP contribution in [0.4, 0.5) is 10.5 Å². The largest absolute Gasteiger partial charge is 0.468 e. The summed E-state index contributed by atoms with van der Waals surface area (Å²) in [6, 6.07) is 8.79. The minimum atomic E-state index is -0.310. The first-order valence-corrected chi connectivity index (χ1v) is 13.1. The lowest BCUT2D eigenvalue weighted by Gasteiger charge is -2.46. The molecular formula is C27H39N3O5. The lowest BCUT2D eigenvalue weighted by molar-refractivity contribution is -0.128. The number of rotatable bonds is 4. The van der Waals surface area contributed by atoms with Gasteiger partial charge in [0.15, 0.2) is 0 Å². The molecule has 35 heavy (non-hydrogen) atoms. The van der Waals surface area contributed by atoms with E-state index in [0.29, 0.717) is 25.7 Å². The zero-order valence-electron chi connectivity index (χ0n) is 21.1. The van der Waals surface area contributed by atoms with Crippen LogP contribution in [0.3, 0.4) is 0 Å². The summed E-state index contributed by atoms with van der Waals surface area (Å²) in [6.07, 6.45) is 7.33. The van der Waals surface area contributed by atoms with Crippen LogP contribution in [0.25, 0.3) is 0 Å². The van der Waals surface area contributed by atoms with Crippen molar-refractivity contribution in [2.75, 3.05) is 44.7 Å². The van der Waals surface area contributed by atoms with Crippen LogP contribution in [0, 0.1) is 5.41 Å². The fourth-order valence-electron chi connectivity index (χ4n) is 6.48. The van der Waals surface area contributed by atoms with Gasteiger partial charge in [-0.15, -0.1) is 0 Å². The Morgan fingerprint density at radius 1 is 1.06 bits per heavy atom. The minimum absolute atomic E-state index is 0.149. The molecule has 1 aromatic rings. The van der Waals surface area contributed by atoms with Gasteiger partial charge in [0.05, 0.1) is 18.6 Å². The van der Waals surface area contributed by atoms with E-state index in [0.717, 1.165) is 76.8 Å². The summed E-state index contributed by atoms with van der Waals surface area (Å²) in [5.74, 6) is 0.199. The highest BCUT2D eigenvalue weighted by atomic mass is 16.6. The van der Waals surface area contributed by atoms with Crippen LogP contribution < -0.4 is 5.32 Å². The predicted octanol–water partition coefficient (Wildman–Crippen LogP) is 3.94. The normalized spacial score (nSPS) is 27.1. The van der Waals surface area contributed by atoms with E-state index in [1.807, 2.05) is 24.0 Å². The third-order valence-corrected chi connectivity index (χ3v) is 8.51. The highest BCUT2D eigenvalue weighted by molar-refractivity contribution is 6.06. The molecule has 8 heteroatoms. The Morgan fingerprint density at radius 3 is 2.37 bits per heavy atom. The van der Waals surface area contributed by atoms with Gasteiger partial charge >= 0.3 is 6.09 Å². The number of anilines is 1. The third-order valence-electron chi connectivity index (χ3n) is 8.51. The number of ether oxygens (including phenoxy) is 2. The Kier molecular flexibility index (Phi) is 7.99. The summed E-state index contributed by atoms with van der Waals surface area (Å²) >= 11 is 0. The molecule has 5 rings (SSSR count). The van der Waals surface area contributed by atoms with Crippen LogP contribution >= 0.6 is 0 Å². The zero-order chi connectivity index (χ0) is 24.9. The van der Waals surface area contributed by atoms with Gasteiger partial charge in [-0.1, -0.05) is 18.2 Å². The monoisotopic (exact) mass is 485 g/mol. The Balaban J connectivity index is 0.000000527. The Hall–Kier alpha value is -2.61. The SMILES string of the molecule is CCOC(=O)N1CCC2(CCN(C3CCC4(CC3)C(=O)Nc3ccccc34)CC2)C1.CCOC=O. The molecule has 0 atom stereocenters. The summed E-state index contributed by atoms with van der Waals surface area (Å²) in [5.41, 5.74) is 2.18. The summed E-state index contributed by atoms with van der Waals surface area (Å²) in [6.45, 7) is 8.88. The average molecular weight is 486 g/mol. The first-order valence-electron chi connectivity index (χ1n) is 13.1. The molecule has 1 aliphatic carbocycles. The van der Waals surface area contributed by atoms with E-state index in [1.54, 1.807) is 6.92 Å². The Bertz CT molecular complexity index is 904. The fraction of sp³-hybridized carbons (Fsp3) is 0.667. The minimum Gasteiger partial charge on any atom is -0.468 e. The molecule has 4 aliphatic rings. The van der Waals surface area contributed by atoms with Crippen molar-refractivity contribution < 1.29 is 23.9 Å². The van der Waals surface area contributed by atoms with Gasteiger partial charge in [-0.2, -0.15) is 0 Å². The lowest BCUT2D eigenvalue weighted by atomic mass is 9.68. The number of carbonyl (C=O) groups excluding carboxylic acids is 3. The molecule has 0 unspecified atom stereocenters. The number of hydrogen-bond donors (Lipinski definition) is 1. The molecule has 2 saturated heterocycles. The van der Waals surface area contributed by atoms with Gasteiger partial charge < -0.3 is 24.6 Å². The number of benzene rings is 1. The summed E-state index contributed by atoms with van der Waals surface area (Å²) in [7, 11) is 0. The number of nitrogens with zero attached hydrogens (tertiary/aromatic N) is 2. The van der Waals surface area contributed by atoms with Crippen molar-refractivity contribution in [1.29, 1.82) is 0 Å². The Labute approximate surface area is 208 Å². The van der Waals surface area contributed by atoms with E-state index in [-0.39, 0.29) is 22.8 Å². The van der Waals surface area contributed by atoms with Crippen LogP contribution in [0.1, 0.15) is 64.4 Å². The lowest BCUT2D eigenvalue weighted by Crippen LogP contribution is -2.50. The maximum Gasteiger partial charge on any atom is 0.409 e. The van der Waals surface area contributed by atoms with Gasteiger partial charge in [0.25, 0.3) is 6.47 Å². The van der Waals surface area contributed by atoms with Gasteiger partial charge in [0.2, 0.25) is 5.91 Å². The van der Waals surface area contributed by atoms with E-state index < -0.39 is 0 Å². The maximum atomic E-state index is 12.8. The highest BCUT2D eigenvalue weighted by Crippen LogP contribution is 2.49. The van der Waals surface area contributed by atoms with E-state index in [4.69, 9.17) is 4.74 Å². The fourth-order valence-corrected chi connectivity index (χ4v) is 6.48. The number of fused-ring (bicyclic) bond motifs is 2. The first kappa shape index (κ1) is 25.5. The van der Waals surface area contributed by atoms with E-state index in [9.17, 15) is 14.4 Å². The zero-order valence-corrected chi connectivity index (χ0v) is 21.1. The molecule has 2 amide bonds. The average Bonchev–Trinajstić information content (AvgIpc) is 3.41. The van der Waals surface area contributed by atoms with Crippen LogP contribution in [0.15, 0.2) is 24.3 Å². The number of amides is 2. The van der Waals surface area contributed by atoms with E-state index >= 15 is 0 Å². The quantitative estimate of drug-likeness (QED) is 0.650. The number of carbonyl (C=O) groups is 3. The van der Waals surface area contributed by atoms with Crippen LogP contribution in [-0.4, -0.2) is 73.7 Å². The van der Waals surface area contributed by atoms with E-state index in [2.05, 4.69) is 27.1 Å². The second kappa shape index (κ2) is 11.0. The highest BCUT2D eigenvalue weighted by Gasteiger charge is 2.50. The molecule has 8 nitrogen and oxygen atoms in total. The van der Waals surface area contributed by atoms with Crippen molar-refractivity contribution in [2.45, 2.75) is 70.3 Å². The first-order chi connectivity index (χ1) is 17.0. The molecule has 192 valence electrons. The van der Waals surface area contributed by atoms with Crippen LogP contribution in [0.5, 0.6) is 0 Å². The molecular weight excluding hydrogens is 446 g/mol. The van der Waals surface area contributed by atoms with Crippen LogP contribution in [0.2, 0.25) is 0 Å². The Morgan fingerprint density at radius 2 is 1.74 bits per heavy atom. The molecule has 0 aromatic heterocycles. The van der Waals surface area contributed by atoms with Gasteiger partial charge in [-0.25, -0.2) is 4.79 Å². The summed E-state index contributed by atoms with van der Waals surface area (Å²) < 4.78 is 9.35. The number of likely N-dealkylation sites (tertiary alicyclic amines) is 2. The van der Waals surface area contributed by atoms with Gasteiger partial charge in [-0.05, 0) is 88.9 Å². The summed E-state index contributed by atoms with van der Waals surface area (Å²) in [5, 5.41) is 3.11. The maximum absolute atomic E-state index is 12.8. The topological polar surface area (TPSA) is 88.2 Å². The second-order valence-electron chi connectivity index (χ2n) is 10.3. The second-order valence-corrected chi connectivity index (χ2v) is 10.3. The molecule has 0 bridgehead atoms. The van der Waals surface area contributed by atoms with Crippen molar-refractivity contribution in [2.24, 2.45) is 5.41 Å². The predicted molar refractivity (Wildman–Crippen MR) is 133 cm³/mol. The van der Waals surface area contributed by atoms with E-state index in [1.165, 1.54) is 5.56 Å². The standard InChI is InChI=1S/C24H33N3O3.C3H6O2/c1-2-30-22(29)27-16-13-23(17-27)11-14-26(15-12-23)18-7-9-24(10-8-18)19-5-3-4-6-20(19)25-21(24)28;1-2-5-3-4/h3-6,18H,2,7-17H2,1H3,(H,25,28);3H,2H2,1H3. The molecule has 2 spiro atoms. The molecule has 3 aliphatic heterocycles. The summed E-state index contributed by atoms with van der Waals surface area (Å²) in [4.78, 5) is 38.6. The van der Waals surface area contributed by atoms with Crippen molar-refractivity contribution >= 4 is 24.2 Å². The van der Waals surface area contributed by atoms with Gasteiger partial charge in [-0.3, -0.25) is 9.59 Å². The molecule has 3 heterocycles. The van der Waals surface area contributed by atoms with Gasteiger partial charge in [0, 0.05) is 24.8 Å². The number of hydrogen-bond acceptors (Lipinski definition) is 6. The van der Waals surface area contributed by atoms with Gasteiger partial charge in [0.1, 0.15) is 0 Å². The number of para-hydroxylation sites is 1. The van der Waals surface area contributed by atoms with Crippen molar-refractivity contribution in [1.82, 2.24) is 9.80 Å². The molecule has 0 radical (unpaired) electrons. The smallest absolute Gasteiger partial charge is 0.409 e. The van der Waals surface area contributed by atoms with Crippen LogP contribution in [-0.2, 0) is 24.5 Å². The molecule has 3 fully saturated rings. The van der Waals surface area contributed by atoms with Crippen molar-refractivity contribution in [3.63, 3.8) is 0 Å². The number of nitrogens with one attached hydrogen (secondary N) is 1. The van der Waals surface area contributed by atoms with Crippen molar-refractivity contribution in [3.8, 4) is 0 Å². The molecule has 1 saturated carbocycles. The number of piperidine rings is 1. The van der Waals surface area contributed by atoms with Crippen molar-refractivity contribution in [3.05, 3.63) is 29.8 Å². The molecule has 1 aromatic carbocycles.